The highest BCUT2D eigenvalue weighted by Gasteiger charge is 2.34. The molecule has 0 atom stereocenters. The third kappa shape index (κ3) is 4.97. The van der Waals surface area contributed by atoms with Crippen molar-refractivity contribution >= 4 is 15.7 Å². The van der Waals surface area contributed by atoms with E-state index >= 15 is 0 Å². The average molecular weight is 439 g/mol. The molecule has 0 unspecified atom stereocenters. The number of anilines is 1. The summed E-state index contributed by atoms with van der Waals surface area (Å²) < 4.78 is 42.1. The summed E-state index contributed by atoms with van der Waals surface area (Å²) in [4.78, 5) is 2.62. The maximum Gasteiger partial charge on any atom is 0.264 e. The number of rotatable bonds is 6. The largest absolute Gasteiger partial charge is 0.299 e. The summed E-state index contributed by atoms with van der Waals surface area (Å²) in [5, 5.41) is 0. The first kappa shape index (κ1) is 21.5. The Labute approximate surface area is 184 Å². The highest BCUT2D eigenvalue weighted by Crippen LogP contribution is 2.31. The van der Waals surface area contributed by atoms with E-state index in [0.717, 1.165) is 32.5 Å². The van der Waals surface area contributed by atoms with Crippen LogP contribution in [0.25, 0.3) is 0 Å². The molecular formula is C25H27FN2O2S. The van der Waals surface area contributed by atoms with Crippen molar-refractivity contribution < 1.29 is 12.8 Å². The predicted octanol–water partition coefficient (Wildman–Crippen LogP) is 4.99. The smallest absolute Gasteiger partial charge is 0.264 e. The topological polar surface area (TPSA) is 40.6 Å². The highest BCUT2D eigenvalue weighted by molar-refractivity contribution is 7.92. The Bertz CT molecular complexity index is 1110. The van der Waals surface area contributed by atoms with Crippen molar-refractivity contribution in [2.45, 2.75) is 37.2 Å². The Morgan fingerprint density at radius 2 is 1.61 bits per heavy atom. The van der Waals surface area contributed by atoms with E-state index in [0.29, 0.717) is 5.69 Å². The third-order valence-electron chi connectivity index (χ3n) is 5.76. The molecule has 0 saturated carbocycles. The van der Waals surface area contributed by atoms with Crippen LogP contribution in [0.2, 0.25) is 0 Å². The molecule has 1 fully saturated rings. The van der Waals surface area contributed by atoms with E-state index in [1.165, 1.54) is 27.6 Å². The number of halogens is 1. The number of hydrogen-bond donors (Lipinski definition) is 0. The summed E-state index contributed by atoms with van der Waals surface area (Å²) in [6.07, 6.45) is 1.44. The molecule has 1 aliphatic heterocycles. The van der Waals surface area contributed by atoms with Gasteiger partial charge in [0, 0.05) is 25.7 Å². The van der Waals surface area contributed by atoms with Crippen molar-refractivity contribution in [3.05, 3.63) is 95.8 Å². The monoisotopic (exact) mass is 438 g/mol. The van der Waals surface area contributed by atoms with Gasteiger partial charge < -0.3 is 0 Å². The zero-order valence-electron chi connectivity index (χ0n) is 17.6. The normalized spacial score (nSPS) is 15.7. The molecule has 1 saturated heterocycles. The molecule has 0 spiro atoms. The van der Waals surface area contributed by atoms with E-state index in [9.17, 15) is 12.8 Å². The molecule has 4 nitrogen and oxygen atoms in total. The van der Waals surface area contributed by atoms with Crippen LogP contribution < -0.4 is 4.31 Å². The SMILES string of the molecule is Cc1cccc(CN2CCC(N(c3ccc(F)cc3)S(=O)(=O)c3ccccc3)CC2)c1. The molecule has 4 rings (SSSR count). The minimum atomic E-state index is -3.76. The van der Waals surface area contributed by atoms with Crippen LogP contribution in [0, 0.1) is 12.7 Å². The van der Waals surface area contributed by atoms with Gasteiger partial charge in [-0.1, -0.05) is 48.0 Å². The predicted molar refractivity (Wildman–Crippen MR) is 122 cm³/mol. The second-order valence-corrected chi connectivity index (χ2v) is 9.90. The lowest BCUT2D eigenvalue weighted by Crippen LogP contribution is -2.47. The molecule has 1 aliphatic rings. The number of nitrogens with zero attached hydrogens (tertiary/aromatic N) is 2. The van der Waals surface area contributed by atoms with Crippen LogP contribution in [0.3, 0.4) is 0 Å². The molecule has 0 amide bonds. The van der Waals surface area contributed by atoms with E-state index in [1.807, 2.05) is 0 Å². The molecule has 0 bridgehead atoms. The molecule has 0 N–H and O–H groups in total. The summed E-state index contributed by atoms with van der Waals surface area (Å²) >= 11 is 0. The molecular weight excluding hydrogens is 411 g/mol. The fourth-order valence-electron chi connectivity index (χ4n) is 4.22. The third-order valence-corrected chi connectivity index (χ3v) is 7.65. The molecule has 0 aliphatic carbocycles. The Balaban J connectivity index is 1.56. The lowest BCUT2D eigenvalue weighted by molar-refractivity contribution is 0.206. The van der Waals surface area contributed by atoms with Crippen LogP contribution in [0.15, 0.2) is 83.8 Å². The van der Waals surface area contributed by atoms with Gasteiger partial charge in [0.15, 0.2) is 0 Å². The van der Waals surface area contributed by atoms with Gasteiger partial charge in [0.1, 0.15) is 5.82 Å². The Kier molecular flexibility index (Phi) is 6.39. The lowest BCUT2D eigenvalue weighted by Gasteiger charge is -2.39. The maximum absolute atomic E-state index is 13.5. The molecule has 3 aromatic carbocycles. The summed E-state index contributed by atoms with van der Waals surface area (Å²) in [6.45, 7) is 4.56. The zero-order valence-corrected chi connectivity index (χ0v) is 18.4. The van der Waals surface area contributed by atoms with Crippen molar-refractivity contribution in [1.82, 2.24) is 4.90 Å². The van der Waals surface area contributed by atoms with Crippen molar-refractivity contribution in [3.8, 4) is 0 Å². The van der Waals surface area contributed by atoms with Crippen LogP contribution in [-0.2, 0) is 16.6 Å². The molecule has 3 aromatic rings. The number of piperidine rings is 1. The molecule has 31 heavy (non-hydrogen) atoms. The number of hydrogen-bond acceptors (Lipinski definition) is 3. The van der Waals surface area contributed by atoms with Crippen LogP contribution in [0.4, 0.5) is 10.1 Å². The van der Waals surface area contributed by atoms with Gasteiger partial charge in [-0.05, 0) is 61.7 Å². The van der Waals surface area contributed by atoms with Crippen LogP contribution >= 0.6 is 0 Å². The molecule has 1 heterocycles. The van der Waals surface area contributed by atoms with Crippen molar-refractivity contribution in [2.24, 2.45) is 0 Å². The quantitative estimate of drug-likeness (QED) is 0.544. The summed E-state index contributed by atoms with van der Waals surface area (Å²) in [7, 11) is -3.76. The first-order valence-electron chi connectivity index (χ1n) is 10.6. The summed E-state index contributed by atoms with van der Waals surface area (Å²) in [5.74, 6) is -0.381. The maximum atomic E-state index is 13.5. The van der Waals surface area contributed by atoms with Gasteiger partial charge in [0.2, 0.25) is 0 Å². The molecule has 0 aromatic heterocycles. The minimum absolute atomic E-state index is 0.176. The lowest BCUT2D eigenvalue weighted by atomic mass is 10.0. The van der Waals surface area contributed by atoms with Gasteiger partial charge >= 0.3 is 0 Å². The molecule has 162 valence electrons. The second-order valence-electron chi connectivity index (χ2n) is 8.09. The molecule has 0 radical (unpaired) electrons. The van der Waals surface area contributed by atoms with Crippen LogP contribution in [-0.4, -0.2) is 32.4 Å². The van der Waals surface area contributed by atoms with Crippen molar-refractivity contribution in [2.75, 3.05) is 17.4 Å². The van der Waals surface area contributed by atoms with Gasteiger partial charge in [-0.3, -0.25) is 9.21 Å². The van der Waals surface area contributed by atoms with Crippen LogP contribution in [0.1, 0.15) is 24.0 Å². The van der Waals surface area contributed by atoms with Gasteiger partial charge in [-0.25, -0.2) is 12.8 Å². The van der Waals surface area contributed by atoms with E-state index in [2.05, 4.69) is 36.1 Å². The fraction of sp³-hybridized carbons (Fsp3) is 0.280. The number of sulfonamides is 1. The standard InChI is InChI=1S/C25H27FN2O2S/c1-20-6-5-7-21(18-20)19-27-16-14-24(15-17-27)28(23-12-10-22(26)11-13-23)31(29,30)25-8-3-2-4-9-25/h2-13,18,24H,14-17,19H2,1H3. The van der Waals surface area contributed by atoms with E-state index < -0.39 is 10.0 Å². The Morgan fingerprint density at radius 3 is 2.26 bits per heavy atom. The highest BCUT2D eigenvalue weighted by atomic mass is 32.2. The van der Waals surface area contributed by atoms with Gasteiger partial charge in [-0.2, -0.15) is 0 Å². The van der Waals surface area contributed by atoms with E-state index in [4.69, 9.17) is 0 Å². The number of benzene rings is 3. The zero-order chi connectivity index (χ0) is 21.8. The van der Waals surface area contributed by atoms with Gasteiger partial charge in [0.05, 0.1) is 10.6 Å². The van der Waals surface area contributed by atoms with E-state index in [-0.39, 0.29) is 16.8 Å². The Morgan fingerprint density at radius 1 is 0.935 bits per heavy atom. The first-order chi connectivity index (χ1) is 14.9. The minimum Gasteiger partial charge on any atom is -0.299 e. The van der Waals surface area contributed by atoms with Gasteiger partial charge in [-0.15, -0.1) is 0 Å². The summed E-state index contributed by atoms with van der Waals surface area (Å²) in [5.41, 5.74) is 3.01. The number of likely N-dealkylation sites (tertiary alicyclic amines) is 1. The average Bonchev–Trinajstić information content (AvgIpc) is 2.77. The Hall–Kier alpha value is -2.70. The first-order valence-corrected chi connectivity index (χ1v) is 12.0. The second kappa shape index (κ2) is 9.20. The fourth-order valence-corrected chi connectivity index (χ4v) is 5.95. The van der Waals surface area contributed by atoms with Crippen LogP contribution in [0.5, 0.6) is 0 Å². The molecule has 6 heteroatoms. The van der Waals surface area contributed by atoms with Crippen molar-refractivity contribution in [3.63, 3.8) is 0 Å². The van der Waals surface area contributed by atoms with E-state index in [1.54, 1.807) is 42.5 Å². The van der Waals surface area contributed by atoms with Gasteiger partial charge in [0.25, 0.3) is 10.0 Å². The number of aryl methyl sites for hydroxylation is 1. The van der Waals surface area contributed by atoms with Crippen molar-refractivity contribution in [1.29, 1.82) is 0 Å². The summed E-state index contributed by atoms with van der Waals surface area (Å²) in [6, 6.07) is 22.5.